The van der Waals surface area contributed by atoms with E-state index in [1.54, 1.807) is 0 Å². The highest BCUT2D eigenvalue weighted by Gasteiger charge is 2.00. The second-order valence-electron chi connectivity index (χ2n) is 4.22. The molecule has 0 amide bonds. The van der Waals surface area contributed by atoms with Gasteiger partial charge >= 0.3 is 5.69 Å². The van der Waals surface area contributed by atoms with Crippen molar-refractivity contribution in [3.05, 3.63) is 76.3 Å². The molecule has 0 fully saturated rings. The minimum Gasteiger partial charge on any atom is -0.305 e. The fourth-order valence-corrected chi connectivity index (χ4v) is 1.99. The number of aromatic nitrogens is 2. The van der Waals surface area contributed by atoms with E-state index < -0.39 is 0 Å². The Morgan fingerprint density at radius 3 is 2.47 bits per heavy atom. The molecule has 1 aromatic heterocycles. The van der Waals surface area contributed by atoms with Gasteiger partial charge in [0, 0.05) is 5.39 Å². The molecule has 0 radical (unpaired) electrons. The van der Waals surface area contributed by atoms with Crippen LogP contribution in [0, 0.1) is 0 Å². The van der Waals surface area contributed by atoms with Gasteiger partial charge in [-0.1, -0.05) is 54.6 Å². The lowest BCUT2D eigenvalue weighted by atomic mass is 10.1. The van der Waals surface area contributed by atoms with Gasteiger partial charge in [-0.15, -0.1) is 0 Å². The van der Waals surface area contributed by atoms with Gasteiger partial charge in [-0.3, -0.25) is 0 Å². The SMILES string of the molecule is O=c1nc(/C=C/c2ccccc2)c2ccccc2[nH]1. The maximum atomic E-state index is 11.5. The number of H-pyrrole nitrogens is 1. The van der Waals surface area contributed by atoms with Crippen LogP contribution in [-0.4, -0.2) is 9.97 Å². The number of rotatable bonds is 2. The third-order valence-electron chi connectivity index (χ3n) is 2.90. The molecule has 0 unspecified atom stereocenters. The summed E-state index contributed by atoms with van der Waals surface area (Å²) in [6, 6.07) is 17.6. The molecule has 0 aliphatic rings. The molecule has 0 spiro atoms. The van der Waals surface area contributed by atoms with Gasteiger partial charge in [0.2, 0.25) is 0 Å². The maximum absolute atomic E-state index is 11.5. The van der Waals surface area contributed by atoms with Gasteiger partial charge in [0.15, 0.2) is 0 Å². The van der Waals surface area contributed by atoms with E-state index >= 15 is 0 Å². The van der Waals surface area contributed by atoms with Crippen LogP contribution in [0.4, 0.5) is 0 Å². The Hall–Kier alpha value is -2.68. The number of hydrogen-bond donors (Lipinski definition) is 1. The van der Waals surface area contributed by atoms with Crippen LogP contribution in [-0.2, 0) is 0 Å². The second-order valence-corrected chi connectivity index (χ2v) is 4.22. The standard InChI is InChI=1S/C16H12N2O/c19-16-17-14-9-5-4-8-13(14)15(18-16)11-10-12-6-2-1-3-7-12/h1-11H,(H,17,18,19)/b11-10+. The summed E-state index contributed by atoms with van der Waals surface area (Å²) in [6.45, 7) is 0. The summed E-state index contributed by atoms with van der Waals surface area (Å²) in [4.78, 5) is 18.3. The topological polar surface area (TPSA) is 45.8 Å². The van der Waals surface area contributed by atoms with Crippen molar-refractivity contribution in [3.8, 4) is 0 Å². The van der Waals surface area contributed by atoms with Gasteiger partial charge in [0.25, 0.3) is 0 Å². The summed E-state index contributed by atoms with van der Waals surface area (Å²) in [5.41, 5.74) is 2.23. The average Bonchev–Trinajstić information content (AvgIpc) is 2.45. The molecule has 0 saturated carbocycles. The first kappa shape index (κ1) is 11.4. The van der Waals surface area contributed by atoms with E-state index in [4.69, 9.17) is 0 Å². The number of fused-ring (bicyclic) bond motifs is 1. The van der Waals surface area contributed by atoms with E-state index in [1.165, 1.54) is 0 Å². The summed E-state index contributed by atoms with van der Waals surface area (Å²) < 4.78 is 0. The molecule has 1 N–H and O–H groups in total. The van der Waals surface area contributed by atoms with Crippen LogP contribution in [0.15, 0.2) is 59.4 Å². The highest BCUT2D eigenvalue weighted by molar-refractivity contribution is 5.88. The monoisotopic (exact) mass is 248 g/mol. The van der Waals surface area contributed by atoms with Crippen LogP contribution in [0.25, 0.3) is 23.1 Å². The normalized spacial score (nSPS) is 11.2. The van der Waals surface area contributed by atoms with Gasteiger partial charge in [-0.2, -0.15) is 4.98 Å². The van der Waals surface area contributed by atoms with Crippen LogP contribution in [0.3, 0.4) is 0 Å². The average molecular weight is 248 g/mol. The van der Waals surface area contributed by atoms with Crippen molar-refractivity contribution in [1.82, 2.24) is 9.97 Å². The van der Waals surface area contributed by atoms with Crippen molar-refractivity contribution in [2.24, 2.45) is 0 Å². The molecule has 0 bridgehead atoms. The summed E-state index contributed by atoms with van der Waals surface area (Å²) in [7, 11) is 0. The zero-order valence-corrected chi connectivity index (χ0v) is 10.2. The number of nitrogens with zero attached hydrogens (tertiary/aromatic N) is 1. The molecule has 92 valence electrons. The van der Waals surface area contributed by atoms with E-state index in [0.717, 1.165) is 16.5 Å². The Labute approximate surface area is 110 Å². The van der Waals surface area contributed by atoms with E-state index in [0.29, 0.717) is 5.69 Å². The number of hydrogen-bond acceptors (Lipinski definition) is 2. The molecule has 3 heteroatoms. The van der Waals surface area contributed by atoms with Crippen LogP contribution >= 0.6 is 0 Å². The molecule has 3 nitrogen and oxygen atoms in total. The molecule has 0 saturated heterocycles. The Morgan fingerprint density at radius 1 is 0.895 bits per heavy atom. The van der Waals surface area contributed by atoms with Gasteiger partial charge in [0.05, 0.1) is 11.2 Å². The van der Waals surface area contributed by atoms with E-state index in [9.17, 15) is 4.79 Å². The largest absolute Gasteiger partial charge is 0.345 e. The molecule has 3 aromatic rings. The lowest BCUT2D eigenvalue weighted by molar-refractivity contribution is 1.11. The lowest BCUT2D eigenvalue weighted by Crippen LogP contribution is -2.11. The lowest BCUT2D eigenvalue weighted by Gasteiger charge is -2.00. The molecular weight excluding hydrogens is 236 g/mol. The van der Waals surface area contributed by atoms with E-state index in [2.05, 4.69) is 9.97 Å². The highest BCUT2D eigenvalue weighted by Crippen LogP contribution is 2.15. The van der Waals surface area contributed by atoms with Crippen LogP contribution in [0.1, 0.15) is 11.3 Å². The summed E-state index contributed by atoms with van der Waals surface area (Å²) in [5, 5.41) is 0.939. The molecule has 2 aromatic carbocycles. The fourth-order valence-electron chi connectivity index (χ4n) is 1.99. The van der Waals surface area contributed by atoms with Crippen LogP contribution in [0.5, 0.6) is 0 Å². The molecule has 19 heavy (non-hydrogen) atoms. The Morgan fingerprint density at radius 2 is 1.63 bits per heavy atom. The molecule has 0 aliphatic heterocycles. The molecule has 0 atom stereocenters. The van der Waals surface area contributed by atoms with Gasteiger partial charge in [0.1, 0.15) is 0 Å². The van der Waals surface area contributed by atoms with Gasteiger partial charge in [-0.05, 0) is 17.7 Å². The molecular formula is C16H12N2O. The van der Waals surface area contributed by atoms with Crippen molar-refractivity contribution >= 4 is 23.1 Å². The number of benzene rings is 2. The van der Waals surface area contributed by atoms with Crippen molar-refractivity contribution in [2.45, 2.75) is 0 Å². The van der Waals surface area contributed by atoms with Gasteiger partial charge < -0.3 is 4.98 Å². The summed E-state index contributed by atoms with van der Waals surface area (Å²) in [5.74, 6) is 0. The Kier molecular flexibility index (Phi) is 2.94. The van der Waals surface area contributed by atoms with Crippen molar-refractivity contribution in [3.63, 3.8) is 0 Å². The minimum absolute atomic E-state index is 0.327. The third-order valence-corrected chi connectivity index (χ3v) is 2.90. The maximum Gasteiger partial charge on any atom is 0.345 e. The smallest absolute Gasteiger partial charge is 0.305 e. The predicted octanol–water partition coefficient (Wildman–Crippen LogP) is 3.09. The number of para-hydroxylation sites is 1. The highest BCUT2D eigenvalue weighted by atomic mass is 16.1. The zero-order valence-electron chi connectivity index (χ0n) is 10.2. The number of nitrogens with one attached hydrogen (secondary N) is 1. The quantitative estimate of drug-likeness (QED) is 0.757. The van der Waals surface area contributed by atoms with Crippen molar-refractivity contribution in [2.75, 3.05) is 0 Å². The van der Waals surface area contributed by atoms with Crippen molar-refractivity contribution < 1.29 is 0 Å². The first-order valence-corrected chi connectivity index (χ1v) is 6.05. The Bertz CT molecular complexity index is 788. The first-order valence-electron chi connectivity index (χ1n) is 6.05. The zero-order chi connectivity index (χ0) is 13.1. The number of aromatic amines is 1. The fraction of sp³-hybridized carbons (Fsp3) is 0. The Balaban J connectivity index is 2.10. The van der Waals surface area contributed by atoms with Gasteiger partial charge in [-0.25, -0.2) is 4.79 Å². The van der Waals surface area contributed by atoms with Crippen LogP contribution in [0.2, 0.25) is 0 Å². The molecule has 0 aliphatic carbocycles. The second kappa shape index (κ2) is 4.90. The van der Waals surface area contributed by atoms with Crippen molar-refractivity contribution in [1.29, 1.82) is 0 Å². The van der Waals surface area contributed by atoms with E-state index in [-0.39, 0.29) is 5.69 Å². The third kappa shape index (κ3) is 2.45. The molecule has 3 rings (SSSR count). The van der Waals surface area contributed by atoms with Crippen LogP contribution < -0.4 is 5.69 Å². The summed E-state index contributed by atoms with van der Waals surface area (Å²) in [6.07, 6.45) is 3.82. The molecule has 1 heterocycles. The minimum atomic E-state index is -0.327. The summed E-state index contributed by atoms with van der Waals surface area (Å²) >= 11 is 0. The first-order chi connectivity index (χ1) is 9.33. The van der Waals surface area contributed by atoms with E-state index in [1.807, 2.05) is 66.7 Å². The predicted molar refractivity (Wildman–Crippen MR) is 77.7 cm³/mol.